The first kappa shape index (κ1) is 18.7. The summed E-state index contributed by atoms with van der Waals surface area (Å²) < 4.78 is 46.0. The highest BCUT2D eigenvalue weighted by Gasteiger charge is 2.30. The van der Waals surface area contributed by atoms with Crippen molar-refractivity contribution in [3.8, 4) is 5.88 Å². The van der Waals surface area contributed by atoms with Gasteiger partial charge in [-0.3, -0.25) is 0 Å². The summed E-state index contributed by atoms with van der Waals surface area (Å²) in [7, 11) is -3.54. The van der Waals surface area contributed by atoms with E-state index in [1.807, 2.05) is 6.92 Å². The van der Waals surface area contributed by atoms with Crippen molar-refractivity contribution in [2.75, 3.05) is 13.1 Å². The van der Waals surface area contributed by atoms with Crippen LogP contribution in [0.3, 0.4) is 0 Å². The maximum Gasteiger partial charge on any atom is 0.218 e. The molecule has 6 nitrogen and oxygen atoms in total. The first-order valence-corrected chi connectivity index (χ1v) is 10.1. The second-order valence-electron chi connectivity index (χ2n) is 6.52. The number of piperidine rings is 1. The molecule has 0 saturated carbocycles. The molecule has 1 fully saturated rings. The van der Waals surface area contributed by atoms with Gasteiger partial charge in [-0.15, -0.1) is 0 Å². The Morgan fingerprint density at radius 3 is 2.81 bits per heavy atom. The second kappa shape index (κ2) is 7.67. The Labute approximate surface area is 153 Å². The molecule has 140 valence electrons. The van der Waals surface area contributed by atoms with E-state index in [9.17, 15) is 12.8 Å². The minimum atomic E-state index is -3.54. The minimum Gasteiger partial charge on any atom is -0.473 e. The number of halogens is 1. The van der Waals surface area contributed by atoms with Crippen LogP contribution in [0.15, 0.2) is 30.3 Å². The molecule has 0 radical (unpaired) electrons. The third-order valence-corrected chi connectivity index (χ3v) is 6.02. The van der Waals surface area contributed by atoms with Gasteiger partial charge in [0.2, 0.25) is 15.9 Å². The van der Waals surface area contributed by atoms with Crippen molar-refractivity contribution in [1.82, 2.24) is 14.3 Å². The van der Waals surface area contributed by atoms with Crippen LogP contribution in [0.4, 0.5) is 4.39 Å². The summed E-state index contributed by atoms with van der Waals surface area (Å²) >= 11 is 0. The van der Waals surface area contributed by atoms with Gasteiger partial charge in [-0.05, 0) is 44.4 Å². The minimum absolute atomic E-state index is 0.219. The molecule has 26 heavy (non-hydrogen) atoms. The number of hydrogen-bond acceptors (Lipinski definition) is 5. The quantitative estimate of drug-likeness (QED) is 0.798. The van der Waals surface area contributed by atoms with Gasteiger partial charge in [0.1, 0.15) is 17.7 Å². The average molecular weight is 379 g/mol. The van der Waals surface area contributed by atoms with Gasteiger partial charge < -0.3 is 4.74 Å². The van der Waals surface area contributed by atoms with Gasteiger partial charge >= 0.3 is 0 Å². The van der Waals surface area contributed by atoms with Crippen LogP contribution in [0.1, 0.15) is 29.9 Å². The summed E-state index contributed by atoms with van der Waals surface area (Å²) in [5.74, 6) is 0.422. The van der Waals surface area contributed by atoms with Gasteiger partial charge in [-0.2, -0.15) is 9.29 Å². The predicted octanol–water partition coefficient (Wildman–Crippen LogP) is 2.61. The Bertz CT molecular complexity index is 869. The lowest BCUT2D eigenvalue weighted by Crippen LogP contribution is -2.44. The Hall–Kier alpha value is -2.06. The monoisotopic (exact) mass is 379 g/mol. The topological polar surface area (TPSA) is 72.4 Å². The predicted molar refractivity (Wildman–Crippen MR) is 95.8 cm³/mol. The van der Waals surface area contributed by atoms with E-state index in [-0.39, 0.29) is 18.4 Å². The Morgan fingerprint density at radius 1 is 1.27 bits per heavy atom. The first-order chi connectivity index (χ1) is 12.3. The fourth-order valence-corrected chi connectivity index (χ4v) is 4.68. The molecule has 1 atom stereocenters. The van der Waals surface area contributed by atoms with E-state index in [1.165, 1.54) is 22.5 Å². The van der Waals surface area contributed by atoms with Crippen LogP contribution >= 0.6 is 0 Å². The highest BCUT2D eigenvalue weighted by molar-refractivity contribution is 7.88. The van der Waals surface area contributed by atoms with Crippen molar-refractivity contribution in [1.29, 1.82) is 0 Å². The summed E-state index contributed by atoms with van der Waals surface area (Å²) in [4.78, 5) is 8.46. The second-order valence-corrected chi connectivity index (χ2v) is 8.49. The zero-order valence-electron chi connectivity index (χ0n) is 14.9. The van der Waals surface area contributed by atoms with E-state index in [0.717, 1.165) is 12.1 Å². The molecule has 2 heterocycles. The van der Waals surface area contributed by atoms with Crippen LogP contribution in [0.5, 0.6) is 5.88 Å². The highest BCUT2D eigenvalue weighted by atomic mass is 32.2. The lowest BCUT2D eigenvalue weighted by atomic mass is 10.1. The largest absolute Gasteiger partial charge is 0.473 e. The molecule has 2 aromatic rings. The van der Waals surface area contributed by atoms with E-state index >= 15 is 0 Å². The molecule has 1 aliphatic heterocycles. The van der Waals surface area contributed by atoms with E-state index in [2.05, 4.69) is 9.97 Å². The van der Waals surface area contributed by atoms with Gasteiger partial charge in [0, 0.05) is 18.3 Å². The van der Waals surface area contributed by atoms with Crippen molar-refractivity contribution < 1.29 is 17.5 Å². The lowest BCUT2D eigenvalue weighted by Gasteiger charge is -2.32. The molecule has 1 saturated heterocycles. The molecular formula is C18H22FN3O3S. The van der Waals surface area contributed by atoms with E-state index in [0.29, 0.717) is 30.2 Å². The van der Waals surface area contributed by atoms with Crippen molar-refractivity contribution in [2.24, 2.45) is 0 Å². The SMILES string of the molecule is Cc1cc(OC2CCCN(S(=O)(=O)Cc3cccc(F)c3)C2)nc(C)n1. The first-order valence-electron chi connectivity index (χ1n) is 8.53. The smallest absolute Gasteiger partial charge is 0.218 e. The molecule has 0 N–H and O–H groups in total. The van der Waals surface area contributed by atoms with E-state index in [4.69, 9.17) is 4.74 Å². The molecule has 0 spiro atoms. The average Bonchev–Trinajstić information content (AvgIpc) is 2.53. The third-order valence-electron chi connectivity index (χ3n) is 4.20. The van der Waals surface area contributed by atoms with Crippen LogP contribution < -0.4 is 4.74 Å². The summed E-state index contributed by atoms with van der Waals surface area (Å²) in [6.07, 6.45) is 1.20. The maximum absolute atomic E-state index is 13.3. The summed E-state index contributed by atoms with van der Waals surface area (Å²) in [6, 6.07) is 7.43. The number of benzene rings is 1. The highest BCUT2D eigenvalue weighted by Crippen LogP contribution is 2.21. The zero-order valence-corrected chi connectivity index (χ0v) is 15.7. The number of aromatic nitrogens is 2. The number of ether oxygens (including phenoxy) is 1. The number of hydrogen-bond donors (Lipinski definition) is 0. The molecule has 1 unspecified atom stereocenters. The van der Waals surface area contributed by atoms with Crippen LogP contribution in [0.25, 0.3) is 0 Å². The molecule has 1 aromatic carbocycles. The molecule has 1 aromatic heterocycles. The molecule has 8 heteroatoms. The Morgan fingerprint density at radius 2 is 2.08 bits per heavy atom. The number of aryl methyl sites for hydroxylation is 2. The molecule has 0 amide bonds. The van der Waals surface area contributed by atoms with Gasteiger partial charge in [0.05, 0.1) is 12.3 Å². The molecule has 1 aliphatic rings. The summed E-state index contributed by atoms with van der Waals surface area (Å²) in [5, 5.41) is 0. The fourth-order valence-electron chi connectivity index (χ4n) is 3.10. The number of sulfonamides is 1. The van der Waals surface area contributed by atoms with Crippen LogP contribution in [-0.4, -0.2) is 41.9 Å². The fraction of sp³-hybridized carbons (Fsp3) is 0.444. The van der Waals surface area contributed by atoms with E-state index < -0.39 is 15.8 Å². The van der Waals surface area contributed by atoms with Crippen LogP contribution in [0.2, 0.25) is 0 Å². The van der Waals surface area contributed by atoms with Gasteiger partial charge in [-0.25, -0.2) is 17.8 Å². The summed E-state index contributed by atoms with van der Waals surface area (Å²) in [6.45, 7) is 4.35. The number of nitrogens with zero attached hydrogens (tertiary/aromatic N) is 3. The van der Waals surface area contributed by atoms with Gasteiger partial charge in [-0.1, -0.05) is 12.1 Å². The Kier molecular flexibility index (Phi) is 5.52. The molecule has 0 aliphatic carbocycles. The van der Waals surface area contributed by atoms with Crippen molar-refractivity contribution in [3.05, 3.63) is 53.2 Å². The number of rotatable bonds is 5. The van der Waals surface area contributed by atoms with Gasteiger partial charge in [0.25, 0.3) is 0 Å². The lowest BCUT2D eigenvalue weighted by molar-refractivity contribution is 0.124. The maximum atomic E-state index is 13.3. The summed E-state index contributed by atoms with van der Waals surface area (Å²) in [5.41, 5.74) is 1.24. The van der Waals surface area contributed by atoms with Crippen LogP contribution in [0, 0.1) is 19.7 Å². The van der Waals surface area contributed by atoms with E-state index in [1.54, 1.807) is 19.1 Å². The molecule has 0 bridgehead atoms. The third kappa shape index (κ3) is 4.76. The Balaban J connectivity index is 1.69. The standard InChI is InChI=1S/C18H22FN3O3S/c1-13-9-18(21-14(2)20-13)25-17-7-4-8-22(11-17)26(23,24)12-15-5-3-6-16(19)10-15/h3,5-6,9-10,17H,4,7-8,11-12H2,1-2H3. The van der Waals surface area contributed by atoms with Gasteiger partial charge in [0.15, 0.2) is 0 Å². The molecular weight excluding hydrogens is 357 g/mol. The van der Waals surface area contributed by atoms with Crippen molar-refractivity contribution in [3.63, 3.8) is 0 Å². The van der Waals surface area contributed by atoms with Crippen LogP contribution in [-0.2, 0) is 15.8 Å². The zero-order chi connectivity index (χ0) is 18.7. The van der Waals surface area contributed by atoms with Crippen molar-refractivity contribution >= 4 is 10.0 Å². The normalized spacial score (nSPS) is 18.7. The van der Waals surface area contributed by atoms with Crippen molar-refractivity contribution in [2.45, 2.75) is 38.5 Å². The molecule has 3 rings (SSSR count).